The second-order valence-corrected chi connectivity index (χ2v) is 9.31. The van der Waals surface area contributed by atoms with Gasteiger partial charge in [0.1, 0.15) is 17.0 Å². The number of nitrogens with one attached hydrogen (secondary N) is 1. The van der Waals surface area contributed by atoms with Crippen molar-refractivity contribution in [2.45, 2.75) is 64.6 Å². The van der Waals surface area contributed by atoms with Gasteiger partial charge in [0.25, 0.3) is 5.91 Å². The lowest BCUT2D eigenvalue weighted by atomic mass is 9.92. The summed E-state index contributed by atoms with van der Waals surface area (Å²) in [7, 11) is 0. The molecule has 1 saturated carbocycles. The van der Waals surface area contributed by atoms with Crippen molar-refractivity contribution >= 4 is 17.5 Å². The third kappa shape index (κ3) is 3.25. The maximum absolute atomic E-state index is 13.8. The molecule has 1 atom stereocenters. The van der Waals surface area contributed by atoms with Gasteiger partial charge in [0.15, 0.2) is 0 Å². The van der Waals surface area contributed by atoms with E-state index in [1.165, 1.54) is 0 Å². The molecule has 6 nitrogen and oxygen atoms in total. The van der Waals surface area contributed by atoms with Crippen molar-refractivity contribution in [1.29, 1.82) is 0 Å². The van der Waals surface area contributed by atoms with Crippen LogP contribution in [-0.4, -0.2) is 28.0 Å². The van der Waals surface area contributed by atoms with E-state index in [4.69, 9.17) is 4.42 Å². The highest BCUT2D eigenvalue weighted by Crippen LogP contribution is 2.37. The van der Waals surface area contributed by atoms with E-state index in [-0.39, 0.29) is 17.9 Å². The normalized spacial score (nSPS) is 21.1. The summed E-state index contributed by atoms with van der Waals surface area (Å²) in [5.74, 6) is 0.393. The Kier molecular flexibility index (Phi) is 4.96. The van der Waals surface area contributed by atoms with Gasteiger partial charge >= 0.3 is 0 Å². The molecular weight excluding hydrogens is 402 g/mol. The smallest absolute Gasteiger partial charge is 0.275 e. The molecule has 1 aliphatic carbocycles. The Hall–Kier alpha value is -3.28. The fourth-order valence-electron chi connectivity index (χ4n) is 5.03. The molecule has 166 valence electrons. The summed E-state index contributed by atoms with van der Waals surface area (Å²) in [5, 5.41) is 3.24. The molecule has 1 aliphatic heterocycles. The minimum absolute atomic E-state index is 0.110. The van der Waals surface area contributed by atoms with Crippen molar-refractivity contribution in [3.63, 3.8) is 0 Å². The molecule has 1 fully saturated rings. The third-order valence-electron chi connectivity index (χ3n) is 7.06. The van der Waals surface area contributed by atoms with Gasteiger partial charge in [-0.1, -0.05) is 18.9 Å². The van der Waals surface area contributed by atoms with Crippen molar-refractivity contribution in [2.24, 2.45) is 0 Å². The molecule has 1 N–H and O–H groups in total. The number of aromatic nitrogens is 1. The number of nitrogens with zero attached hydrogens (tertiary/aromatic N) is 2. The second kappa shape index (κ2) is 7.69. The molecule has 2 aromatic heterocycles. The minimum Gasteiger partial charge on any atom is -0.463 e. The van der Waals surface area contributed by atoms with Crippen LogP contribution in [-0.2, 0) is 11.3 Å². The highest BCUT2D eigenvalue weighted by atomic mass is 16.3. The van der Waals surface area contributed by atoms with Crippen LogP contribution in [0.2, 0.25) is 0 Å². The first-order chi connectivity index (χ1) is 15.4. The van der Waals surface area contributed by atoms with Crippen LogP contribution in [0, 0.1) is 13.8 Å². The number of carbonyl (C=O) groups is 2. The van der Waals surface area contributed by atoms with Crippen LogP contribution in [0.3, 0.4) is 0 Å². The summed E-state index contributed by atoms with van der Waals surface area (Å²) in [4.78, 5) is 29.3. The van der Waals surface area contributed by atoms with Gasteiger partial charge in [-0.05, 0) is 81.1 Å². The zero-order chi connectivity index (χ0) is 22.5. The van der Waals surface area contributed by atoms with E-state index < -0.39 is 5.54 Å². The first kappa shape index (κ1) is 20.6. The topological polar surface area (TPSA) is 67.5 Å². The van der Waals surface area contributed by atoms with Crippen LogP contribution in [0.25, 0.3) is 11.5 Å². The quantitative estimate of drug-likeness (QED) is 0.643. The van der Waals surface area contributed by atoms with E-state index >= 15 is 0 Å². The lowest BCUT2D eigenvalue weighted by Gasteiger charge is -2.44. The van der Waals surface area contributed by atoms with Gasteiger partial charge in [-0.3, -0.25) is 14.5 Å². The zero-order valence-electron chi connectivity index (χ0n) is 18.9. The Labute approximate surface area is 188 Å². The van der Waals surface area contributed by atoms with Crippen LogP contribution < -0.4 is 10.2 Å². The van der Waals surface area contributed by atoms with Gasteiger partial charge in [-0.2, -0.15) is 0 Å². The number of fused-ring (bicyclic) bond motifs is 1. The summed E-state index contributed by atoms with van der Waals surface area (Å²) in [5.41, 5.74) is 3.27. The van der Waals surface area contributed by atoms with E-state index in [0.29, 0.717) is 18.0 Å². The summed E-state index contributed by atoms with van der Waals surface area (Å²) < 4.78 is 7.53. The number of hydrogen-bond acceptors (Lipinski definition) is 3. The van der Waals surface area contributed by atoms with E-state index in [1.54, 1.807) is 11.2 Å². The van der Waals surface area contributed by atoms with Crippen LogP contribution in [0.5, 0.6) is 0 Å². The van der Waals surface area contributed by atoms with Crippen molar-refractivity contribution < 1.29 is 14.0 Å². The average Bonchev–Trinajstić information content (AvgIpc) is 3.52. The number of carbonyl (C=O) groups excluding carboxylic acids is 2. The van der Waals surface area contributed by atoms with E-state index in [2.05, 4.69) is 5.32 Å². The molecule has 0 saturated heterocycles. The highest BCUT2D eigenvalue weighted by molar-refractivity contribution is 6.12. The van der Waals surface area contributed by atoms with Crippen molar-refractivity contribution in [1.82, 2.24) is 9.88 Å². The summed E-state index contributed by atoms with van der Waals surface area (Å²) >= 11 is 0. The summed E-state index contributed by atoms with van der Waals surface area (Å²) in [6, 6.07) is 13.5. The first-order valence-corrected chi connectivity index (χ1v) is 11.3. The summed E-state index contributed by atoms with van der Waals surface area (Å²) in [6.45, 7) is 6.30. The molecule has 32 heavy (non-hydrogen) atoms. The van der Waals surface area contributed by atoms with Crippen molar-refractivity contribution in [2.75, 3.05) is 4.90 Å². The lowest BCUT2D eigenvalue weighted by molar-refractivity contribution is -0.127. The minimum atomic E-state index is -1.07. The van der Waals surface area contributed by atoms with Gasteiger partial charge < -0.3 is 14.3 Å². The number of aryl methyl sites for hydroxylation is 2. The van der Waals surface area contributed by atoms with Crippen molar-refractivity contribution in [3.8, 4) is 11.5 Å². The van der Waals surface area contributed by atoms with Crippen LogP contribution in [0.4, 0.5) is 5.69 Å². The highest BCUT2D eigenvalue weighted by Gasteiger charge is 2.49. The van der Waals surface area contributed by atoms with Crippen LogP contribution >= 0.6 is 0 Å². The zero-order valence-corrected chi connectivity index (χ0v) is 18.9. The number of furan rings is 1. The predicted octanol–water partition coefficient (Wildman–Crippen LogP) is 4.84. The maximum Gasteiger partial charge on any atom is 0.275 e. The molecule has 0 radical (unpaired) electrons. The molecule has 6 heteroatoms. The average molecular weight is 432 g/mol. The van der Waals surface area contributed by atoms with Crippen LogP contribution in [0.1, 0.15) is 54.2 Å². The molecule has 3 aromatic rings. The van der Waals surface area contributed by atoms with Gasteiger partial charge in [0.05, 0.1) is 18.5 Å². The van der Waals surface area contributed by atoms with E-state index in [1.807, 2.05) is 67.8 Å². The molecular formula is C26H29N3O3. The predicted molar refractivity (Wildman–Crippen MR) is 124 cm³/mol. The lowest BCUT2D eigenvalue weighted by Crippen LogP contribution is -2.65. The molecule has 2 amide bonds. The van der Waals surface area contributed by atoms with E-state index in [0.717, 1.165) is 48.2 Å². The number of rotatable bonds is 4. The largest absolute Gasteiger partial charge is 0.463 e. The van der Waals surface area contributed by atoms with Crippen molar-refractivity contribution in [3.05, 3.63) is 65.5 Å². The molecule has 0 bridgehead atoms. The fraction of sp³-hybridized carbons (Fsp3) is 0.385. The molecule has 0 spiro atoms. The second-order valence-electron chi connectivity index (χ2n) is 9.31. The molecule has 0 unspecified atom stereocenters. The fourth-order valence-corrected chi connectivity index (χ4v) is 5.03. The Morgan fingerprint density at radius 1 is 1.06 bits per heavy atom. The number of amides is 2. The summed E-state index contributed by atoms with van der Waals surface area (Å²) in [6.07, 6.45) is 5.86. The van der Waals surface area contributed by atoms with Gasteiger partial charge in [-0.25, -0.2) is 0 Å². The maximum atomic E-state index is 13.8. The Bertz CT molecular complexity index is 1170. The molecule has 1 aromatic carbocycles. The Morgan fingerprint density at radius 2 is 1.81 bits per heavy atom. The number of anilines is 1. The Morgan fingerprint density at radius 3 is 2.50 bits per heavy atom. The van der Waals surface area contributed by atoms with E-state index in [9.17, 15) is 9.59 Å². The number of hydrogen-bond donors (Lipinski definition) is 1. The number of benzene rings is 1. The molecule has 3 heterocycles. The van der Waals surface area contributed by atoms with Crippen LogP contribution in [0.15, 0.2) is 53.1 Å². The van der Waals surface area contributed by atoms with Gasteiger partial charge in [-0.15, -0.1) is 0 Å². The third-order valence-corrected chi connectivity index (χ3v) is 7.06. The monoisotopic (exact) mass is 431 g/mol. The standard InChI is InChI=1S/C26H29N3O3/c1-17-10-11-20(15-18(17)2)29-24(30)22-13-12-21(23-9-6-14-32-23)28(22)16-26(29,3)25(31)27-19-7-4-5-8-19/h6,9-15,19H,4-5,7-8,16H2,1-3H3,(H,27,31)/t26-/m0/s1. The molecule has 5 rings (SSSR count). The molecule has 2 aliphatic rings. The van der Waals surface area contributed by atoms with Gasteiger partial charge in [0.2, 0.25) is 5.91 Å². The Balaban J connectivity index is 1.62. The SMILES string of the molecule is Cc1ccc(N2C(=O)c3ccc(-c4ccco4)n3C[C@@]2(C)C(=O)NC2CCCC2)cc1C. The first-order valence-electron chi connectivity index (χ1n) is 11.3. The van der Waals surface area contributed by atoms with Gasteiger partial charge in [0, 0.05) is 11.7 Å².